The molecule has 0 aromatic heterocycles. The van der Waals surface area contributed by atoms with Crippen LogP contribution in [0.25, 0.3) is 10.8 Å². The second-order valence-electron chi connectivity index (χ2n) is 3.43. The van der Waals surface area contributed by atoms with Gasteiger partial charge in [-0.25, -0.2) is 0 Å². The topological polar surface area (TPSA) is 93.8 Å². The maximum absolute atomic E-state index is 9.90. The molecule has 82 valence electrons. The average molecular weight is 244 g/mol. The molecule has 0 aliphatic carbocycles. The number of aromatic hydroxyl groups is 1. The fraction of sp³-hybridized carbons (Fsp3) is 0. The number of hydrogen-bond acceptors (Lipinski definition) is 4. The van der Waals surface area contributed by atoms with E-state index in [1.165, 1.54) is 6.07 Å². The summed E-state index contributed by atoms with van der Waals surface area (Å²) < 4.78 is 0. The second kappa shape index (κ2) is 3.86. The molecule has 0 bridgehead atoms. The molecule has 0 saturated heterocycles. The molecule has 5 heteroatoms. The van der Waals surface area contributed by atoms with Gasteiger partial charge in [0.05, 0.1) is 11.3 Å². The first-order valence-corrected chi connectivity index (χ1v) is 5.01. The maximum Gasteiger partial charge on any atom is 0.143 e. The van der Waals surface area contributed by atoms with E-state index in [9.17, 15) is 5.11 Å². The molecule has 17 heavy (non-hydrogen) atoms. The Bertz CT molecular complexity index is 710. The van der Waals surface area contributed by atoms with Crippen molar-refractivity contribution in [3.05, 3.63) is 34.3 Å². The molecule has 4 nitrogen and oxygen atoms in total. The lowest BCUT2D eigenvalue weighted by molar-refractivity contribution is 0.480. The summed E-state index contributed by atoms with van der Waals surface area (Å²) >= 11 is 5.81. The summed E-state index contributed by atoms with van der Waals surface area (Å²) in [5.74, 6) is -0.249. The van der Waals surface area contributed by atoms with E-state index in [-0.39, 0.29) is 22.6 Å². The summed E-state index contributed by atoms with van der Waals surface area (Å²) in [5.41, 5.74) is 5.73. The fourth-order valence-electron chi connectivity index (χ4n) is 1.70. The Balaban J connectivity index is 3.09. The largest absolute Gasteiger partial charge is 0.506 e. The molecule has 0 saturated carbocycles. The van der Waals surface area contributed by atoms with Crippen LogP contribution in [-0.2, 0) is 0 Å². The van der Waals surface area contributed by atoms with Crippen molar-refractivity contribution in [1.82, 2.24) is 0 Å². The van der Waals surface area contributed by atoms with Crippen LogP contribution >= 0.6 is 11.6 Å². The van der Waals surface area contributed by atoms with Crippen molar-refractivity contribution in [2.45, 2.75) is 0 Å². The minimum Gasteiger partial charge on any atom is -0.506 e. The predicted molar refractivity (Wildman–Crippen MR) is 64.5 cm³/mol. The first-order valence-electron chi connectivity index (χ1n) is 4.64. The average Bonchev–Trinajstić information content (AvgIpc) is 2.31. The zero-order chi connectivity index (χ0) is 12.6. The molecule has 2 aromatic rings. The Kier molecular flexibility index (Phi) is 2.51. The number of fused-ring (bicyclic) bond motifs is 1. The summed E-state index contributed by atoms with van der Waals surface area (Å²) in [6.07, 6.45) is 0. The molecule has 0 heterocycles. The van der Waals surface area contributed by atoms with Crippen molar-refractivity contribution < 1.29 is 5.11 Å². The number of rotatable bonds is 0. The molecule has 2 rings (SSSR count). The maximum atomic E-state index is 9.90. The Morgan fingerprint density at radius 2 is 1.76 bits per heavy atom. The predicted octanol–water partition coefficient (Wildman–Crippen LogP) is 2.52. The van der Waals surface area contributed by atoms with Crippen molar-refractivity contribution in [2.75, 3.05) is 5.73 Å². The van der Waals surface area contributed by atoms with Crippen LogP contribution < -0.4 is 5.73 Å². The molecule has 3 N–H and O–H groups in total. The number of hydrogen-bond donors (Lipinski definition) is 2. The number of nitrogens with zero attached hydrogens (tertiary/aromatic N) is 2. The summed E-state index contributed by atoms with van der Waals surface area (Å²) in [7, 11) is 0. The van der Waals surface area contributed by atoms with Crippen LogP contribution in [0.15, 0.2) is 18.2 Å². The van der Waals surface area contributed by atoms with Gasteiger partial charge >= 0.3 is 0 Å². The van der Waals surface area contributed by atoms with E-state index in [0.717, 1.165) is 0 Å². The van der Waals surface area contributed by atoms with Gasteiger partial charge in [-0.05, 0) is 12.1 Å². The van der Waals surface area contributed by atoms with Crippen molar-refractivity contribution in [3.8, 4) is 17.9 Å². The normalized spacial score (nSPS) is 9.82. The smallest absolute Gasteiger partial charge is 0.143 e. The van der Waals surface area contributed by atoms with Crippen LogP contribution in [-0.4, -0.2) is 5.11 Å². The van der Waals surface area contributed by atoms with Gasteiger partial charge in [-0.15, -0.1) is 0 Å². The minimum absolute atomic E-state index is 0.0117. The SMILES string of the molecule is N#Cc1c(N)c(C#N)c2ccc(Cl)cc2c1O. The van der Waals surface area contributed by atoms with Crippen molar-refractivity contribution in [1.29, 1.82) is 10.5 Å². The van der Waals surface area contributed by atoms with Gasteiger partial charge in [-0.2, -0.15) is 10.5 Å². The lowest BCUT2D eigenvalue weighted by Gasteiger charge is -2.09. The van der Waals surface area contributed by atoms with E-state index in [4.69, 9.17) is 27.9 Å². The number of halogens is 1. The summed E-state index contributed by atoms with van der Waals surface area (Å²) in [6, 6.07) is 8.39. The van der Waals surface area contributed by atoms with Crippen molar-refractivity contribution in [3.63, 3.8) is 0 Å². The van der Waals surface area contributed by atoms with Gasteiger partial charge in [0.25, 0.3) is 0 Å². The zero-order valence-corrected chi connectivity index (χ0v) is 9.28. The molecule has 0 fully saturated rings. The van der Waals surface area contributed by atoms with Crippen LogP contribution in [0.4, 0.5) is 5.69 Å². The molecular formula is C12H6ClN3O. The van der Waals surface area contributed by atoms with Gasteiger partial charge in [-0.1, -0.05) is 17.7 Å². The second-order valence-corrected chi connectivity index (χ2v) is 3.86. The lowest BCUT2D eigenvalue weighted by atomic mass is 9.98. The highest BCUT2D eigenvalue weighted by Gasteiger charge is 2.16. The highest BCUT2D eigenvalue weighted by atomic mass is 35.5. The Labute approximate surface area is 102 Å². The summed E-state index contributed by atoms with van der Waals surface area (Å²) in [6.45, 7) is 0. The molecule has 0 atom stereocenters. The number of phenols is 1. The molecule has 2 aromatic carbocycles. The van der Waals surface area contributed by atoms with Gasteiger partial charge < -0.3 is 10.8 Å². The third-order valence-corrected chi connectivity index (χ3v) is 2.74. The molecule has 0 spiro atoms. The Morgan fingerprint density at radius 3 is 2.35 bits per heavy atom. The number of nitriles is 2. The molecule has 0 unspecified atom stereocenters. The minimum atomic E-state index is -0.249. The number of anilines is 1. The van der Waals surface area contributed by atoms with Gasteiger partial charge in [0.15, 0.2) is 0 Å². The van der Waals surface area contributed by atoms with Crippen LogP contribution in [0, 0.1) is 22.7 Å². The van der Waals surface area contributed by atoms with Gasteiger partial charge in [0, 0.05) is 15.8 Å². The van der Waals surface area contributed by atoms with Crippen LogP contribution in [0.2, 0.25) is 5.02 Å². The van der Waals surface area contributed by atoms with Crippen molar-refractivity contribution in [2.24, 2.45) is 0 Å². The lowest BCUT2D eigenvalue weighted by Crippen LogP contribution is -1.97. The van der Waals surface area contributed by atoms with Crippen molar-refractivity contribution >= 4 is 28.1 Å². The fourth-order valence-corrected chi connectivity index (χ4v) is 1.87. The Morgan fingerprint density at radius 1 is 1.12 bits per heavy atom. The number of benzene rings is 2. The quantitative estimate of drug-likeness (QED) is 0.695. The van der Waals surface area contributed by atoms with E-state index in [2.05, 4.69) is 0 Å². The summed E-state index contributed by atoms with van der Waals surface area (Å²) in [5, 5.41) is 29.1. The first-order chi connectivity index (χ1) is 8.10. The highest BCUT2D eigenvalue weighted by molar-refractivity contribution is 6.31. The van der Waals surface area contributed by atoms with E-state index >= 15 is 0 Å². The molecule has 0 aliphatic rings. The molecular weight excluding hydrogens is 238 g/mol. The molecule has 0 radical (unpaired) electrons. The van der Waals surface area contributed by atoms with Crippen LogP contribution in [0.1, 0.15) is 11.1 Å². The number of nitrogens with two attached hydrogens (primary N) is 1. The van der Waals surface area contributed by atoms with Gasteiger partial charge in [0.2, 0.25) is 0 Å². The van der Waals surface area contributed by atoms with E-state index in [1.807, 2.05) is 6.07 Å². The zero-order valence-electron chi connectivity index (χ0n) is 8.53. The first kappa shape index (κ1) is 11.1. The highest BCUT2D eigenvalue weighted by Crippen LogP contribution is 2.37. The third kappa shape index (κ3) is 1.52. The van der Waals surface area contributed by atoms with Crippen LogP contribution in [0.3, 0.4) is 0 Å². The van der Waals surface area contributed by atoms with Crippen LogP contribution in [0.5, 0.6) is 5.75 Å². The number of nitrogen functional groups attached to an aromatic ring is 1. The van der Waals surface area contributed by atoms with E-state index in [0.29, 0.717) is 15.8 Å². The van der Waals surface area contributed by atoms with Gasteiger partial charge in [-0.3, -0.25) is 0 Å². The molecule has 0 aliphatic heterocycles. The third-order valence-electron chi connectivity index (χ3n) is 2.51. The summed E-state index contributed by atoms with van der Waals surface area (Å²) in [4.78, 5) is 0. The van der Waals surface area contributed by atoms with Gasteiger partial charge in [0.1, 0.15) is 23.5 Å². The monoisotopic (exact) mass is 243 g/mol. The van der Waals surface area contributed by atoms with E-state index in [1.54, 1.807) is 18.2 Å². The van der Waals surface area contributed by atoms with E-state index < -0.39 is 0 Å². The molecule has 0 amide bonds. The number of phenolic OH excluding ortho intramolecular Hbond substituents is 1. The standard InChI is InChI=1S/C12H6ClN3O/c13-6-1-2-7-8(3-6)12(17)10(5-15)11(16)9(7)4-14/h1-3,17H,16H2. The Hall–Kier alpha value is -2.43.